The van der Waals surface area contributed by atoms with Gasteiger partial charge in [0, 0.05) is 13.1 Å². The molecule has 7 N–H and O–H groups in total. The number of piperidine rings is 1. The second-order valence-corrected chi connectivity index (χ2v) is 6.20. The minimum Gasteiger partial charge on any atom is -0.480 e. The molecule has 22 heavy (non-hydrogen) atoms. The van der Waals surface area contributed by atoms with Gasteiger partial charge in [-0.15, -0.1) is 0 Å². The highest BCUT2D eigenvalue weighted by molar-refractivity contribution is 6.40. The van der Waals surface area contributed by atoms with E-state index in [2.05, 4.69) is 0 Å². The number of aliphatic carboxylic acids is 1. The number of carbonyl (C=O) groups is 2. The Kier molecular flexibility index (Phi) is 6.79. The van der Waals surface area contributed by atoms with Crippen molar-refractivity contribution >= 4 is 19.0 Å². The van der Waals surface area contributed by atoms with Crippen molar-refractivity contribution < 1.29 is 24.7 Å². The van der Waals surface area contributed by atoms with Gasteiger partial charge in [0.2, 0.25) is 5.91 Å². The first-order chi connectivity index (χ1) is 10.2. The zero-order valence-electron chi connectivity index (χ0n) is 12.9. The van der Waals surface area contributed by atoms with E-state index in [1.165, 1.54) is 4.90 Å². The molecule has 1 heterocycles. The summed E-state index contributed by atoms with van der Waals surface area (Å²) in [4.78, 5) is 25.2. The Bertz CT molecular complexity index is 409. The number of rotatable bonds is 7. The smallest absolute Gasteiger partial charge is 0.451 e. The first-order valence-electron chi connectivity index (χ1n) is 7.62. The summed E-state index contributed by atoms with van der Waals surface area (Å²) in [7, 11) is -1.45. The van der Waals surface area contributed by atoms with Crippen LogP contribution in [0.5, 0.6) is 0 Å². The molecule has 0 aromatic carbocycles. The molecular formula is C13H26BN3O5. The normalized spacial score (nSPS) is 26.6. The van der Waals surface area contributed by atoms with Gasteiger partial charge in [-0.05, 0) is 25.1 Å². The predicted molar refractivity (Wildman–Crippen MR) is 81.7 cm³/mol. The van der Waals surface area contributed by atoms with E-state index in [1.54, 1.807) is 0 Å². The molecule has 0 aliphatic carbocycles. The number of nitrogens with two attached hydrogens (primary N) is 2. The number of amides is 1. The highest BCUT2D eigenvalue weighted by Crippen LogP contribution is 2.28. The fourth-order valence-corrected chi connectivity index (χ4v) is 2.93. The van der Waals surface area contributed by atoms with Crippen LogP contribution in [0.25, 0.3) is 0 Å². The Morgan fingerprint density at radius 1 is 1.45 bits per heavy atom. The average molecular weight is 315 g/mol. The molecule has 0 unspecified atom stereocenters. The number of carbonyl (C=O) groups excluding carboxylic acids is 1. The van der Waals surface area contributed by atoms with Gasteiger partial charge in [0.25, 0.3) is 0 Å². The third kappa shape index (κ3) is 4.94. The van der Waals surface area contributed by atoms with Crippen molar-refractivity contribution in [3.05, 3.63) is 0 Å². The highest BCUT2D eigenvalue weighted by Gasteiger charge is 2.44. The Labute approximate surface area is 130 Å². The molecule has 9 heteroatoms. The van der Waals surface area contributed by atoms with Crippen LogP contribution in [0.3, 0.4) is 0 Å². The van der Waals surface area contributed by atoms with Crippen molar-refractivity contribution in [1.82, 2.24) is 4.90 Å². The van der Waals surface area contributed by atoms with Crippen molar-refractivity contribution in [2.24, 2.45) is 17.4 Å². The highest BCUT2D eigenvalue weighted by atomic mass is 16.4. The van der Waals surface area contributed by atoms with Crippen LogP contribution in [0.1, 0.15) is 32.6 Å². The van der Waals surface area contributed by atoms with Crippen LogP contribution < -0.4 is 11.5 Å². The number of hydrogen-bond donors (Lipinski definition) is 5. The molecule has 1 aliphatic rings. The van der Waals surface area contributed by atoms with Gasteiger partial charge < -0.3 is 31.5 Å². The van der Waals surface area contributed by atoms with Crippen molar-refractivity contribution in [2.45, 2.75) is 50.5 Å². The molecule has 1 amide bonds. The maximum absolute atomic E-state index is 12.3. The Morgan fingerprint density at radius 3 is 2.59 bits per heavy atom. The summed E-state index contributed by atoms with van der Waals surface area (Å²) in [5.41, 5.74) is 10.3. The van der Waals surface area contributed by atoms with Crippen LogP contribution in [-0.4, -0.2) is 63.7 Å². The first-order valence-corrected chi connectivity index (χ1v) is 7.62. The molecule has 0 aromatic rings. The lowest BCUT2D eigenvalue weighted by atomic mass is 9.75. The maximum Gasteiger partial charge on any atom is 0.451 e. The molecule has 1 aliphatic heterocycles. The SMILES string of the molecule is CCC[C@H](N)C(=O)N1C[C@@H](CCB(O)O)C[C@](N)(C(=O)O)C1. The summed E-state index contributed by atoms with van der Waals surface area (Å²) < 4.78 is 0. The molecule has 0 saturated carbocycles. The molecule has 1 saturated heterocycles. The van der Waals surface area contributed by atoms with Gasteiger partial charge in [-0.1, -0.05) is 19.8 Å². The lowest BCUT2D eigenvalue weighted by Gasteiger charge is -2.42. The van der Waals surface area contributed by atoms with E-state index in [9.17, 15) is 14.7 Å². The second kappa shape index (κ2) is 7.91. The maximum atomic E-state index is 12.3. The molecule has 1 fully saturated rings. The lowest BCUT2D eigenvalue weighted by Crippen LogP contribution is -2.64. The molecule has 0 spiro atoms. The zero-order chi connectivity index (χ0) is 16.9. The summed E-state index contributed by atoms with van der Waals surface area (Å²) in [6, 6.07) is -0.662. The summed E-state index contributed by atoms with van der Waals surface area (Å²) in [6.07, 6.45) is 1.98. The lowest BCUT2D eigenvalue weighted by molar-refractivity contribution is -0.149. The number of likely N-dealkylation sites (tertiary alicyclic amines) is 1. The topological polar surface area (TPSA) is 150 Å². The molecule has 0 bridgehead atoms. The van der Waals surface area contributed by atoms with E-state index in [1.807, 2.05) is 6.92 Å². The fourth-order valence-electron chi connectivity index (χ4n) is 2.93. The van der Waals surface area contributed by atoms with E-state index in [4.69, 9.17) is 21.5 Å². The quantitative estimate of drug-likeness (QED) is 0.363. The summed E-state index contributed by atoms with van der Waals surface area (Å²) >= 11 is 0. The van der Waals surface area contributed by atoms with Gasteiger partial charge in [-0.3, -0.25) is 9.59 Å². The molecule has 126 valence electrons. The van der Waals surface area contributed by atoms with Crippen LogP contribution in [0.15, 0.2) is 0 Å². The Hall–Kier alpha value is -1.16. The third-order valence-corrected chi connectivity index (χ3v) is 4.09. The Balaban J connectivity index is 2.83. The van der Waals surface area contributed by atoms with Crippen molar-refractivity contribution in [3.8, 4) is 0 Å². The average Bonchev–Trinajstić information content (AvgIpc) is 2.44. The van der Waals surface area contributed by atoms with Crippen LogP contribution >= 0.6 is 0 Å². The summed E-state index contributed by atoms with van der Waals surface area (Å²) in [5, 5.41) is 27.3. The summed E-state index contributed by atoms with van der Waals surface area (Å²) in [5.74, 6) is -1.66. The van der Waals surface area contributed by atoms with Gasteiger partial charge >= 0.3 is 13.1 Å². The van der Waals surface area contributed by atoms with Gasteiger partial charge in [-0.2, -0.15) is 0 Å². The Morgan fingerprint density at radius 2 is 2.09 bits per heavy atom. The van der Waals surface area contributed by atoms with Crippen molar-refractivity contribution in [2.75, 3.05) is 13.1 Å². The van der Waals surface area contributed by atoms with E-state index in [-0.39, 0.29) is 31.1 Å². The van der Waals surface area contributed by atoms with Gasteiger partial charge in [0.15, 0.2) is 0 Å². The zero-order valence-corrected chi connectivity index (χ0v) is 12.9. The summed E-state index contributed by atoms with van der Waals surface area (Å²) in [6.45, 7) is 2.19. The standard InChI is InChI=1S/C13H26BN3O5/c1-2-3-10(15)11(18)17-7-9(4-5-14(21)22)6-13(16,8-17)12(19)20/h9-10,21-22H,2-8,15-16H2,1H3,(H,19,20)/t9-,10-,13+/m0/s1. The third-order valence-electron chi connectivity index (χ3n) is 4.09. The minimum absolute atomic E-state index is 0.0727. The van der Waals surface area contributed by atoms with Gasteiger partial charge in [0.05, 0.1) is 6.04 Å². The van der Waals surface area contributed by atoms with E-state index in [0.29, 0.717) is 19.4 Å². The van der Waals surface area contributed by atoms with E-state index < -0.39 is 24.7 Å². The number of hydrogen-bond acceptors (Lipinski definition) is 6. The fraction of sp³-hybridized carbons (Fsp3) is 0.846. The number of carboxylic acids is 1. The molecule has 3 atom stereocenters. The molecule has 1 rings (SSSR count). The van der Waals surface area contributed by atoms with Crippen LogP contribution in [0, 0.1) is 5.92 Å². The molecule has 0 radical (unpaired) electrons. The van der Waals surface area contributed by atoms with Gasteiger partial charge in [0.1, 0.15) is 5.54 Å². The van der Waals surface area contributed by atoms with E-state index in [0.717, 1.165) is 6.42 Å². The van der Waals surface area contributed by atoms with Crippen molar-refractivity contribution in [3.63, 3.8) is 0 Å². The monoisotopic (exact) mass is 315 g/mol. The van der Waals surface area contributed by atoms with Crippen molar-refractivity contribution in [1.29, 1.82) is 0 Å². The largest absolute Gasteiger partial charge is 0.480 e. The number of carboxylic acid groups (broad SMARTS) is 1. The molecule has 8 nitrogen and oxygen atoms in total. The van der Waals surface area contributed by atoms with E-state index >= 15 is 0 Å². The first kappa shape index (κ1) is 18.9. The second-order valence-electron chi connectivity index (χ2n) is 6.20. The molecular weight excluding hydrogens is 289 g/mol. The van der Waals surface area contributed by atoms with Crippen LogP contribution in [0.4, 0.5) is 0 Å². The molecule has 0 aromatic heterocycles. The van der Waals surface area contributed by atoms with Crippen LogP contribution in [0.2, 0.25) is 6.32 Å². The minimum atomic E-state index is -1.52. The van der Waals surface area contributed by atoms with Crippen LogP contribution in [-0.2, 0) is 9.59 Å². The predicted octanol–water partition coefficient (Wildman–Crippen LogP) is -1.39. The number of nitrogens with zero attached hydrogens (tertiary/aromatic N) is 1. The van der Waals surface area contributed by atoms with Gasteiger partial charge in [-0.25, -0.2) is 0 Å².